The SMILES string of the molecule is COc1ccc(OC)c([C@@H](C)NC(=O)c2cc(Br)cs2)c1. The van der Waals surface area contributed by atoms with Crippen LogP contribution in [-0.2, 0) is 0 Å². The summed E-state index contributed by atoms with van der Waals surface area (Å²) in [5, 5.41) is 4.85. The monoisotopic (exact) mass is 369 g/mol. The van der Waals surface area contributed by atoms with E-state index in [1.165, 1.54) is 11.3 Å². The second kappa shape index (κ2) is 6.95. The van der Waals surface area contributed by atoms with Gasteiger partial charge in [0.05, 0.1) is 25.1 Å². The molecule has 0 saturated heterocycles. The summed E-state index contributed by atoms with van der Waals surface area (Å²) < 4.78 is 11.5. The van der Waals surface area contributed by atoms with Crippen LogP contribution in [0.15, 0.2) is 34.1 Å². The molecule has 0 aliphatic heterocycles. The average molecular weight is 370 g/mol. The highest BCUT2D eigenvalue weighted by Crippen LogP contribution is 2.29. The Hall–Kier alpha value is -1.53. The number of halogens is 1. The molecule has 4 nitrogen and oxygen atoms in total. The van der Waals surface area contributed by atoms with E-state index >= 15 is 0 Å². The minimum absolute atomic E-state index is 0.108. The van der Waals surface area contributed by atoms with Crippen LogP contribution in [0.1, 0.15) is 28.2 Å². The van der Waals surface area contributed by atoms with Gasteiger partial charge >= 0.3 is 0 Å². The van der Waals surface area contributed by atoms with Crippen molar-refractivity contribution in [2.45, 2.75) is 13.0 Å². The molecule has 0 aliphatic rings. The Morgan fingerprint density at radius 2 is 2.05 bits per heavy atom. The second-order valence-electron chi connectivity index (χ2n) is 4.43. The zero-order chi connectivity index (χ0) is 15.4. The van der Waals surface area contributed by atoms with Crippen LogP contribution in [0.3, 0.4) is 0 Å². The first-order valence-electron chi connectivity index (χ1n) is 6.32. The topological polar surface area (TPSA) is 47.6 Å². The lowest BCUT2D eigenvalue weighted by Gasteiger charge is -2.18. The van der Waals surface area contributed by atoms with Gasteiger partial charge in [0.25, 0.3) is 5.91 Å². The first-order valence-corrected chi connectivity index (χ1v) is 7.99. The van der Waals surface area contributed by atoms with Crippen molar-refractivity contribution >= 4 is 33.2 Å². The van der Waals surface area contributed by atoms with Crippen LogP contribution in [0.5, 0.6) is 11.5 Å². The fourth-order valence-corrected chi connectivity index (χ4v) is 3.28. The first-order chi connectivity index (χ1) is 10.0. The number of hydrogen-bond donors (Lipinski definition) is 1. The molecule has 0 aliphatic carbocycles. The van der Waals surface area contributed by atoms with Crippen molar-refractivity contribution < 1.29 is 14.3 Å². The quantitative estimate of drug-likeness (QED) is 0.865. The molecule has 112 valence electrons. The Bertz CT molecular complexity index is 642. The summed E-state index contributed by atoms with van der Waals surface area (Å²) in [7, 11) is 3.22. The minimum atomic E-state index is -0.191. The van der Waals surface area contributed by atoms with E-state index in [0.717, 1.165) is 21.5 Å². The van der Waals surface area contributed by atoms with Gasteiger partial charge in [0.2, 0.25) is 0 Å². The van der Waals surface area contributed by atoms with Crippen LogP contribution >= 0.6 is 27.3 Å². The maximum atomic E-state index is 12.2. The van der Waals surface area contributed by atoms with Crippen molar-refractivity contribution in [2.24, 2.45) is 0 Å². The van der Waals surface area contributed by atoms with E-state index in [1.807, 2.05) is 30.5 Å². The van der Waals surface area contributed by atoms with Crippen LogP contribution in [0.4, 0.5) is 0 Å². The highest BCUT2D eigenvalue weighted by Gasteiger charge is 2.17. The molecule has 1 N–H and O–H groups in total. The molecule has 1 amide bonds. The van der Waals surface area contributed by atoms with Crippen molar-refractivity contribution in [1.82, 2.24) is 5.32 Å². The maximum Gasteiger partial charge on any atom is 0.261 e. The summed E-state index contributed by atoms with van der Waals surface area (Å²) in [6.07, 6.45) is 0. The molecule has 1 atom stereocenters. The van der Waals surface area contributed by atoms with Gasteiger partial charge in [0.1, 0.15) is 11.5 Å². The molecular weight excluding hydrogens is 354 g/mol. The summed E-state index contributed by atoms with van der Waals surface area (Å²) in [6.45, 7) is 1.91. The number of ether oxygens (including phenoxy) is 2. The second-order valence-corrected chi connectivity index (χ2v) is 6.26. The summed E-state index contributed by atoms with van der Waals surface area (Å²) in [5.74, 6) is 1.34. The van der Waals surface area contributed by atoms with Crippen molar-refractivity contribution in [1.29, 1.82) is 0 Å². The molecule has 2 rings (SSSR count). The van der Waals surface area contributed by atoms with Crippen LogP contribution in [0.2, 0.25) is 0 Å². The van der Waals surface area contributed by atoms with Gasteiger partial charge in [-0.15, -0.1) is 11.3 Å². The summed E-state index contributed by atoms with van der Waals surface area (Å²) in [4.78, 5) is 12.9. The average Bonchev–Trinajstić information content (AvgIpc) is 2.93. The van der Waals surface area contributed by atoms with Gasteiger partial charge in [-0.25, -0.2) is 0 Å². The third kappa shape index (κ3) is 3.77. The Kier molecular flexibility index (Phi) is 5.25. The van der Waals surface area contributed by atoms with Crippen LogP contribution in [0, 0.1) is 0 Å². The Morgan fingerprint density at radius 3 is 2.62 bits per heavy atom. The van der Waals surface area contributed by atoms with Crippen molar-refractivity contribution in [2.75, 3.05) is 14.2 Å². The molecule has 0 bridgehead atoms. The van der Waals surface area contributed by atoms with Gasteiger partial charge in [-0.05, 0) is 47.1 Å². The van der Waals surface area contributed by atoms with Crippen LogP contribution < -0.4 is 14.8 Å². The smallest absolute Gasteiger partial charge is 0.261 e. The lowest BCUT2D eigenvalue weighted by atomic mass is 10.1. The van der Waals surface area contributed by atoms with Crippen molar-refractivity contribution in [3.8, 4) is 11.5 Å². The van der Waals surface area contributed by atoms with Gasteiger partial charge in [-0.3, -0.25) is 4.79 Å². The fraction of sp³-hybridized carbons (Fsp3) is 0.267. The predicted octanol–water partition coefficient (Wildman–Crippen LogP) is 4.02. The number of benzene rings is 1. The van der Waals surface area contributed by atoms with E-state index in [0.29, 0.717) is 4.88 Å². The molecule has 6 heteroatoms. The van der Waals surface area contributed by atoms with E-state index in [-0.39, 0.29) is 11.9 Å². The number of hydrogen-bond acceptors (Lipinski definition) is 4. The summed E-state index contributed by atoms with van der Waals surface area (Å²) in [5.41, 5.74) is 0.876. The van der Waals surface area contributed by atoms with E-state index in [9.17, 15) is 4.79 Å². The standard InChI is InChI=1S/C15H16BrNO3S/c1-9(17-15(18)14-6-10(16)8-21-14)12-7-11(19-2)4-5-13(12)20-3/h4-9H,1-3H3,(H,17,18)/t9-/m1/s1. The largest absolute Gasteiger partial charge is 0.497 e. The molecule has 0 fully saturated rings. The van der Waals surface area contributed by atoms with Gasteiger partial charge in [0.15, 0.2) is 0 Å². The number of amides is 1. The number of carbonyl (C=O) groups excluding carboxylic acids is 1. The number of carbonyl (C=O) groups is 1. The van der Waals surface area contributed by atoms with E-state index < -0.39 is 0 Å². The molecule has 0 saturated carbocycles. The van der Waals surface area contributed by atoms with Gasteiger partial charge in [-0.1, -0.05) is 0 Å². The van der Waals surface area contributed by atoms with Crippen molar-refractivity contribution in [3.05, 3.63) is 44.6 Å². The number of methoxy groups -OCH3 is 2. The number of nitrogens with one attached hydrogen (secondary N) is 1. The molecule has 0 radical (unpaired) electrons. The fourth-order valence-electron chi connectivity index (χ4n) is 1.96. The van der Waals surface area contributed by atoms with Crippen LogP contribution in [-0.4, -0.2) is 20.1 Å². The summed E-state index contributed by atoms with van der Waals surface area (Å²) in [6, 6.07) is 7.14. The third-order valence-electron chi connectivity index (χ3n) is 3.04. The third-order valence-corrected chi connectivity index (χ3v) is 4.73. The first kappa shape index (κ1) is 15.9. The van der Waals surface area contributed by atoms with E-state index in [4.69, 9.17) is 9.47 Å². The van der Waals surface area contributed by atoms with Gasteiger partial charge < -0.3 is 14.8 Å². The van der Waals surface area contributed by atoms with Crippen molar-refractivity contribution in [3.63, 3.8) is 0 Å². The molecule has 2 aromatic rings. The Morgan fingerprint density at radius 1 is 1.29 bits per heavy atom. The maximum absolute atomic E-state index is 12.2. The molecular formula is C15H16BrNO3S. The van der Waals surface area contributed by atoms with E-state index in [2.05, 4.69) is 21.2 Å². The molecule has 0 spiro atoms. The molecule has 1 aromatic heterocycles. The van der Waals surface area contributed by atoms with Crippen LogP contribution in [0.25, 0.3) is 0 Å². The summed E-state index contributed by atoms with van der Waals surface area (Å²) >= 11 is 4.74. The number of thiophene rings is 1. The van der Waals surface area contributed by atoms with Gasteiger partial charge in [0, 0.05) is 15.4 Å². The lowest BCUT2D eigenvalue weighted by Crippen LogP contribution is -2.26. The Labute approximate surface area is 136 Å². The highest BCUT2D eigenvalue weighted by atomic mass is 79.9. The molecule has 21 heavy (non-hydrogen) atoms. The Balaban J connectivity index is 2.19. The normalized spacial score (nSPS) is 11.8. The lowest BCUT2D eigenvalue weighted by molar-refractivity contribution is 0.0943. The zero-order valence-corrected chi connectivity index (χ0v) is 14.4. The number of rotatable bonds is 5. The van der Waals surface area contributed by atoms with E-state index in [1.54, 1.807) is 20.3 Å². The molecule has 0 unspecified atom stereocenters. The minimum Gasteiger partial charge on any atom is -0.497 e. The molecule has 1 aromatic carbocycles. The highest BCUT2D eigenvalue weighted by molar-refractivity contribution is 9.10. The molecule has 1 heterocycles. The predicted molar refractivity (Wildman–Crippen MR) is 87.4 cm³/mol. The zero-order valence-electron chi connectivity index (χ0n) is 12.0. The van der Waals surface area contributed by atoms with Gasteiger partial charge in [-0.2, -0.15) is 0 Å².